The Morgan fingerprint density at radius 2 is 2.06 bits per heavy atom. The number of rotatable bonds is 3. The van der Waals surface area contributed by atoms with E-state index in [0.29, 0.717) is 25.7 Å². The Kier molecular flexibility index (Phi) is 3.12. The predicted molar refractivity (Wildman–Crippen MR) is 64.5 cm³/mol. The fourth-order valence-corrected chi connectivity index (χ4v) is 2.26. The van der Waals surface area contributed by atoms with Crippen LogP contribution in [-0.4, -0.2) is 59.9 Å². The lowest BCUT2D eigenvalue weighted by molar-refractivity contribution is -0.156. The number of nitrogens with zero attached hydrogens (tertiary/aromatic N) is 2. The molecule has 0 aromatic carbocycles. The van der Waals surface area contributed by atoms with Crippen LogP contribution >= 0.6 is 0 Å². The van der Waals surface area contributed by atoms with E-state index in [0.717, 1.165) is 0 Å². The third-order valence-electron chi connectivity index (χ3n) is 3.62. The van der Waals surface area contributed by atoms with Gasteiger partial charge in [-0.3, -0.25) is 9.59 Å². The van der Waals surface area contributed by atoms with Gasteiger partial charge in [0, 0.05) is 26.2 Å². The van der Waals surface area contributed by atoms with Crippen molar-refractivity contribution in [2.75, 3.05) is 26.7 Å². The maximum Gasteiger partial charge on any atom is 0.247 e. The van der Waals surface area contributed by atoms with Crippen LogP contribution in [-0.2, 0) is 9.59 Å². The van der Waals surface area contributed by atoms with Crippen LogP contribution in [0.5, 0.6) is 0 Å². The minimum absolute atomic E-state index is 0.0171. The van der Waals surface area contributed by atoms with E-state index in [2.05, 4.69) is 5.32 Å². The number of piperazine rings is 1. The van der Waals surface area contributed by atoms with Crippen LogP contribution in [0, 0.1) is 0 Å². The molecular weight excluding hydrogens is 218 g/mol. The van der Waals surface area contributed by atoms with Gasteiger partial charge in [-0.1, -0.05) is 0 Å². The molecule has 0 spiro atoms. The molecule has 0 radical (unpaired) electrons. The summed E-state index contributed by atoms with van der Waals surface area (Å²) in [7, 11) is 1.79. The van der Waals surface area contributed by atoms with Gasteiger partial charge in [0.2, 0.25) is 11.8 Å². The highest BCUT2D eigenvalue weighted by Gasteiger charge is 2.42. The lowest BCUT2D eigenvalue weighted by atomic mass is 9.97. The number of carbonyl (C=O) groups is 2. The first-order chi connectivity index (χ1) is 7.93. The molecule has 0 bridgehead atoms. The smallest absolute Gasteiger partial charge is 0.247 e. The van der Waals surface area contributed by atoms with Crippen molar-refractivity contribution in [3.8, 4) is 0 Å². The second-order valence-electron chi connectivity index (χ2n) is 5.49. The van der Waals surface area contributed by atoms with Crippen molar-refractivity contribution in [1.29, 1.82) is 0 Å². The van der Waals surface area contributed by atoms with Gasteiger partial charge in [-0.2, -0.15) is 0 Å². The molecule has 1 heterocycles. The minimum Gasteiger partial charge on any atom is -0.342 e. The van der Waals surface area contributed by atoms with E-state index in [1.54, 1.807) is 16.8 Å². The molecule has 0 unspecified atom stereocenters. The van der Waals surface area contributed by atoms with Gasteiger partial charge in [0.1, 0.15) is 5.54 Å². The molecule has 96 valence electrons. The van der Waals surface area contributed by atoms with Crippen LogP contribution in [0.1, 0.15) is 26.7 Å². The van der Waals surface area contributed by atoms with Gasteiger partial charge in [-0.15, -0.1) is 0 Å². The first-order valence-electron chi connectivity index (χ1n) is 6.22. The van der Waals surface area contributed by atoms with Gasteiger partial charge >= 0.3 is 0 Å². The molecule has 2 rings (SSSR count). The largest absolute Gasteiger partial charge is 0.342 e. The zero-order valence-corrected chi connectivity index (χ0v) is 10.8. The number of amides is 2. The Morgan fingerprint density at radius 1 is 1.41 bits per heavy atom. The highest BCUT2D eigenvalue weighted by Crippen LogP contribution is 2.22. The van der Waals surface area contributed by atoms with Crippen molar-refractivity contribution < 1.29 is 9.59 Å². The molecule has 2 aliphatic rings. The highest BCUT2D eigenvalue weighted by atomic mass is 16.2. The molecule has 5 nitrogen and oxygen atoms in total. The molecule has 1 aliphatic carbocycles. The lowest BCUT2D eigenvalue weighted by Crippen LogP contribution is -2.64. The minimum atomic E-state index is -0.713. The average molecular weight is 239 g/mol. The van der Waals surface area contributed by atoms with Gasteiger partial charge in [-0.25, -0.2) is 0 Å². The van der Waals surface area contributed by atoms with Crippen LogP contribution in [0.15, 0.2) is 0 Å². The molecule has 1 saturated heterocycles. The van der Waals surface area contributed by atoms with Gasteiger partial charge < -0.3 is 15.1 Å². The van der Waals surface area contributed by atoms with Crippen LogP contribution in [0.25, 0.3) is 0 Å². The molecule has 17 heavy (non-hydrogen) atoms. The summed E-state index contributed by atoms with van der Waals surface area (Å²) in [6.07, 6.45) is 2.33. The summed E-state index contributed by atoms with van der Waals surface area (Å²) in [5.41, 5.74) is -0.713. The molecule has 0 aromatic heterocycles. The first kappa shape index (κ1) is 12.4. The number of hydrogen-bond acceptors (Lipinski definition) is 3. The Labute approximate surface area is 102 Å². The molecule has 1 N–H and O–H groups in total. The van der Waals surface area contributed by atoms with Crippen molar-refractivity contribution in [2.45, 2.75) is 38.3 Å². The molecule has 1 saturated carbocycles. The standard InChI is InChI=1S/C12H21N3O2/c1-12(2)11(17)14(3)6-7-15(12)10(16)8-13-9-4-5-9/h9,13H,4-8H2,1-3H3. The second kappa shape index (κ2) is 4.29. The summed E-state index contributed by atoms with van der Waals surface area (Å²) in [4.78, 5) is 27.5. The van der Waals surface area contributed by atoms with Crippen molar-refractivity contribution in [3.63, 3.8) is 0 Å². The fraction of sp³-hybridized carbons (Fsp3) is 0.833. The Hall–Kier alpha value is -1.10. The second-order valence-corrected chi connectivity index (χ2v) is 5.49. The number of nitrogens with one attached hydrogen (secondary N) is 1. The number of carbonyl (C=O) groups excluding carboxylic acids is 2. The summed E-state index contributed by atoms with van der Waals surface area (Å²) in [5.74, 6) is 0.0480. The quantitative estimate of drug-likeness (QED) is 0.743. The molecule has 5 heteroatoms. The van der Waals surface area contributed by atoms with E-state index in [-0.39, 0.29) is 11.8 Å². The Balaban J connectivity index is 1.98. The fourth-order valence-electron chi connectivity index (χ4n) is 2.26. The number of likely N-dealkylation sites (N-methyl/N-ethyl adjacent to an activating group) is 1. The molecule has 0 atom stereocenters. The van der Waals surface area contributed by atoms with E-state index in [9.17, 15) is 9.59 Å². The van der Waals surface area contributed by atoms with Crippen LogP contribution in [0.2, 0.25) is 0 Å². The van der Waals surface area contributed by atoms with Gasteiger partial charge in [0.05, 0.1) is 6.54 Å². The summed E-state index contributed by atoms with van der Waals surface area (Å²) in [6, 6.07) is 0.519. The predicted octanol–water partition coefficient (Wildman–Crippen LogP) is -0.182. The topological polar surface area (TPSA) is 52.6 Å². The SMILES string of the molecule is CN1CCN(C(=O)CNC2CC2)C(C)(C)C1=O. The zero-order valence-electron chi connectivity index (χ0n) is 10.8. The van der Waals surface area contributed by atoms with E-state index < -0.39 is 5.54 Å². The van der Waals surface area contributed by atoms with Crippen LogP contribution in [0.4, 0.5) is 0 Å². The molecule has 2 amide bonds. The van der Waals surface area contributed by atoms with E-state index >= 15 is 0 Å². The van der Waals surface area contributed by atoms with Crippen molar-refractivity contribution in [2.24, 2.45) is 0 Å². The lowest BCUT2D eigenvalue weighted by Gasteiger charge is -2.44. The summed E-state index contributed by atoms with van der Waals surface area (Å²) >= 11 is 0. The van der Waals surface area contributed by atoms with E-state index in [4.69, 9.17) is 0 Å². The van der Waals surface area contributed by atoms with Crippen molar-refractivity contribution >= 4 is 11.8 Å². The van der Waals surface area contributed by atoms with Gasteiger partial charge in [0.15, 0.2) is 0 Å². The summed E-state index contributed by atoms with van der Waals surface area (Å²) < 4.78 is 0. The van der Waals surface area contributed by atoms with Crippen molar-refractivity contribution in [3.05, 3.63) is 0 Å². The molecule has 0 aromatic rings. The highest BCUT2D eigenvalue weighted by molar-refractivity contribution is 5.92. The molecule has 2 fully saturated rings. The molecular formula is C12H21N3O2. The van der Waals surface area contributed by atoms with Crippen LogP contribution < -0.4 is 5.32 Å². The van der Waals surface area contributed by atoms with Gasteiger partial charge in [0.25, 0.3) is 0 Å². The maximum absolute atomic E-state index is 12.1. The summed E-state index contributed by atoms with van der Waals surface area (Å²) in [6.45, 7) is 5.24. The Bertz CT molecular complexity index is 337. The van der Waals surface area contributed by atoms with Gasteiger partial charge in [-0.05, 0) is 26.7 Å². The third-order valence-corrected chi connectivity index (χ3v) is 3.62. The third kappa shape index (κ3) is 2.44. The Morgan fingerprint density at radius 3 is 2.65 bits per heavy atom. The normalized spacial score (nSPS) is 24.1. The van der Waals surface area contributed by atoms with Crippen molar-refractivity contribution in [1.82, 2.24) is 15.1 Å². The zero-order chi connectivity index (χ0) is 12.6. The summed E-state index contributed by atoms with van der Waals surface area (Å²) in [5, 5.41) is 3.20. The first-order valence-corrected chi connectivity index (χ1v) is 6.22. The monoisotopic (exact) mass is 239 g/mol. The number of hydrogen-bond donors (Lipinski definition) is 1. The molecule has 1 aliphatic heterocycles. The average Bonchev–Trinajstić information content (AvgIpc) is 3.06. The van der Waals surface area contributed by atoms with Crippen LogP contribution in [0.3, 0.4) is 0 Å². The maximum atomic E-state index is 12.1. The van der Waals surface area contributed by atoms with E-state index in [1.165, 1.54) is 12.8 Å². The van der Waals surface area contributed by atoms with E-state index in [1.807, 2.05) is 13.8 Å².